The van der Waals surface area contributed by atoms with Gasteiger partial charge in [0, 0.05) is 19.8 Å². The first kappa shape index (κ1) is 11.9. The number of aliphatic hydroxyl groups is 1. The predicted molar refractivity (Wildman–Crippen MR) is 50.3 cm³/mol. The lowest BCUT2D eigenvalue weighted by Gasteiger charge is -2.13. The molecule has 0 bridgehead atoms. The van der Waals surface area contributed by atoms with Crippen molar-refractivity contribution in [2.75, 3.05) is 26.9 Å². The molecule has 0 spiro atoms. The van der Waals surface area contributed by atoms with Crippen molar-refractivity contribution < 1.29 is 9.84 Å². The molecule has 3 nitrogen and oxygen atoms in total. The van der Waals surface area contributed by atoms with E-state index in [0.717, 1.165) is 32.4 Å². The van der Waals surface area contributed by atoms with Gasteiger partial charge in [-0.25, -0.2) is 0 Å². The monoisotopic (exact) mass is 175 g/mol. The fourth-order valence-electron chi connectivity index (χ4n) is 1.02. The van der Waals surface area contributed by atoms with Crippen LogP contribution in [0.5, 0.6) is 0 Å². The van der Waals surface area contributed by atoms with E-state index in [-0.39, 0.29) is 12.6 Å². The van der Waals surface area contributed by atoms with Crippen molar-refractivity contribution in [2.45, 2.75) is 32.2 Å². The summed E-state index contributed by atoms with van der Waals surface area (Å²) in [7, 11) is 1.72. The van der Waals surface area contributed by atoms with Gasteiger partial charge in [-0.05, 0) is 25.8 Å². The predicted octanol–water partition coefficient (Wildman–Crippen LogP) is 0.773. The summed E-state index contributed by atoms with van der Waals surface area (Å²) in [5, 5.41) is 12.1. The van der Waals surface area contributed by atoms with Gasteiger partial charge in [-0.15, -0.1) is 0 Å². The molecule has 74 valence electrons. The highest BCUT2D eigenvalue weighted by Crippen LogP contribution is 1.91. The molecule has 0 aromatic heterocycles. The first-order chi connectivity index (χ1) is 5.85. The largest absolute Gasteiger partial charge is 0.395 e. The Morgan fingerprint density at radius 2 is 2.17 bits per heavy atom. The first-order valence-electron chi connectivity index (χ1n) is 4.68. The smallest absolute Gasteiger partial charge is 0.0584 e. The molecule has 0 amide bonds. The van der Waals surface area contributed by atoms with Gasteiger partial charge in [0.15, 0.2) is 0 Å². The van der Waals surface area contributed by atoms with Crippen LogP contribution in [0.3, 0.4) is 0 Å². The molecule has 0 heterocycles. The molecule has 0 aliphatic rings. The Hall–Kier alpha value is -0.120. The van der Waals surface area contributed by atoms with Gasteiger partial charge in [-0.2, -0.15) is 0 Å². The molecule has 3 heteroatoms. The number of aliphatic hydroxyl groups excluding tert-OH is 1. The minimum Gasteiger partial charge on any atom is -0.395 e. The highest BCUT2D eigenvalue weighted by atomic mass is 16.5. The molecule has 12 heavy (non-hydrogen) atoms. The van der Waals surface area contributed by atoms with E-state index in [1.54, 1.807) is 7.11 Å². The summed E-state index contributed by atoms with van der Waals surface area (Å²) in [5.74, 6) is 0. The van der Waals surface area contributed by atoms with Gasteiger partial charge in [0.25, 0.3) is 0 Å². The third kappa shape index (κ3) is 6.58. The molecule has 1 atom stereocenters. The molecule has 0 saturated heterocycles. The fourth-order valence-corrected chi connectivity index (χ4v) is 1.02. The molecule has 0 aromatic carbocycles. The number of hydrogen-bond donors (Lipinski definition) is 2. The second-order valence-corrected chi connectivity index (χ2v) is 2.94. The lowest BCUT2D eigenvalue weighted by Crippen LogP contribution is -2.32. The van der Waals surface area contributed by atoms with Crippen LogP contribution in [-0.4, -0.2) is 38.0 Å². The summed E-state index contributed by atoms with van der Waals surface area (Å²) in [6.07, 6.45) is 3.19. The van der Waals surface area contributed by atoms with Crippen molar-refractivity contribution in [3.05, 3.63) is 0 Å². The molecule has 1 unspecified atom stereocenters. The van der Waals surface area contributed by atoms with Crippen molar-refractivity contribution in [1.82, 2.24) is 5.32 Å². The number of methoxy groups -OCH3 is 1. The maximum Gasteiger partial charge on any atom is 0.0584 e. The Morgan fingerprint density at radius 3 is 2.67 bits per heavy atom. The summed E-state index contributed by atoms with van der Waals surface area (Å²) >= 11 is 0. The Bertz CT molecular complexity index is 84.6. The highest BCUT2D eigenvalue weighted by molar-refractivity contribution is 4.61. The van der Waals surface area contributed by atoms with Crippen molar-refractivity contribution in [3.8, 4) is 0 Å². The van der Waals surface area contributed by atoms with Crippen LogP contribution in [-0.2, 0) is 4.74 Å². The third-order valence-electron chi connectivity index (χ3n) is 1.92. The Morgan fingerprint density at radius 1 is 1.42 bits per heavy atom. The number of ether oxygens (including phenoxy) is 1. The summed E-state index contributed by atoms with van der Waals surface area (Å²) in [4.78, 5) is 0. The second-order valence-electron chi connectivity index (χ2n) is 2.94. The van der Waals surface area contributed by atoms with Crippen molar-refractivity contribution in [1.29, 1.82) is 0 Å². The minimum atomic E-state index is 0.237. The molecule has 0 saturated carbocycles. The van der Waals surface area contributed by atoms with E-state index in [4.69, 9.17) is 9.84 Å². The van der Waals surface area contributed by atoms with Gasteiger partial charge in [0.1, 0.15) is 0 Å². The minimum absolute atomic E-state index is 0.237. The lowest BCUT2D eigenvalue weighted by molar-refractivity contribution is 0.190. The normalized spacial score (nSPS) is 13.2. The number of unbranched alkanes of at least 4 members (excludes halogenated alkanes) is 1. The Kier molecular flexibility index (Phi) is 8.88. The Balaban J connectivity index is 3.06. The topological polar surface area (TPSA) is 41.5 Å². The molecule has 0 aromatic rings. The molecule has 0 aliphatic heterocycles. The van der Waals surface area contributed by atoms with Crippen LogP contribution in [0.4, 0.5) is 0 Å². The van der Waals surface area contributed by atoms with Gasteiger partial charge in [-0.1, -0.05) is 6.92 Å². The molecular weight excluding hydrogens is 154 g/mol. The molecule has 0 rings (SSSR count). The third-order valence-corrected chi connectivity index (χ3v) is 1.92. The van der Waals surface area contributed by atoms with E-state index in [0.29, 0.717) is 0 Å². The quantitative estimate of drug-likeness (QED) is 0.535. The second kappa shape index (κ2) is 8.97. The zero-order valence-electron chi connectivity index (χ0n) is 8.18. The van der Waals surface area contributed by atoms with E-state index in [2.05, 4.69) is 12.2 Å². The zero-order chi connectivity index (χ0) is 9.23. The Labute approximate surface area is 75.1 Å². The van der Waals surface area contributed by atoms with Crippen molar-refractivity contribution in [3.63, 3.8) is 0 Å². The maximum atomic E-state index is 8.84. The summed E-state index contributed by atoms with van der Waals surface area (Å²) in [6, 6.07) is 0.271. The number of rotatable bonds is 8. The lowest BCUT2D eigenvalue weighted by atomic mass is 10.2. The SMILES string of the molecule is CCC(CO)NCCCCOC. The van der Waals surface area contributed by atoms with Crippen molar-refractivity contribution >= 4 is 0 Å². The average molecular weight is 175 g/mol. The molecule has 0 fully saturated rings. The molecular formula is C9H21NO2. The fraction of sp³-hybridized carbons (Fsp3) is 1.00. The van der Waals surface area contributed by atoms with Crippen LogP contribution in [0, 0.1) is 0 Å². The zero-order valence-corrected chi connectivity index (χ0v) is 8.18. The maximum absolute atomic E-state index is 8.84. The number of hydrogen-bond acceptors (Lipinski definition) is 3. The van der Waals surface area contributed by atoms with Crippen LogP contribution >= 0.6 is 0 Å². The molecule has 0 radical (unpaired) electrons. The standard InChI is InChI=1S/C9H21NO2/c1-3-9(8-11)10-6-4-5-7-12-2/h9-11H,3-8H2,1-2H3. The van der Waals surface area contributed by atoms with Crippen LogP contribution in [0.1, 0.15) is 26.2 Å². The summed E-state index contributed by atoms with van der Waals surface area (Å²) in [5.41, 5.74) is 0. The highest BCUT2D eigenvalue weighted by Gasteiger charge is 2.01. The van der Waals surface area contributed by atoms with Crippen LogP contribution in [0.15, 0.2) is 0 Å². The van der Waals surface area contributed by atoms with Crippen LogP contribution < -0.4 is 5.32 Å². The average Bonchev–Trinajstić information content (AvgIpc) is 2.11. The van der Waals surface area contributed by atoms with Crippen LogP contribution in [0.25, 0.3) is 0 Å². The van der Waals surface area contributed by atoms with Crippen LogP contribution in [0.2, 0.25) is 0 Å². The van der Waals surface area contributed by atoms with E-state index in [1.807, 2.05) is 0 Å². The summed E-state index contributed by atoms with van der Waals surface area (Å²) < 4.78 is 4.92. The van der Waals surface area contributed by atoms with Gasteiger partial charge in [-0.3, -0.25) is 0 Å². The van der Waals surface area contributed by atoms with Gasteiger partial charge >= 0.3 is 0 Å². The van der Waals surface area contributed by atoms with E-state index in [9.17, 15) is 0 Å². The summed E-state index contributed by atoms with van der Waals surface area (Å²) in [6.45, 7) is 4.11. The first-order valence-corrected chi connectivity index (χ1v) is 4.68. The van der Waals surface area contributed by atoms with E-state index >= 15 is 0 Å². The van der Waals surface area contributed by atoms with Gasteiger partial charge in [0.05, 0.1) is 6.61 Å². The molecule has 2 N–H and O–H groups in total. The van der Waals surface area contributed by atoms with E-state index < -0.39 is 0 Å². The number of nitrogens with one attached hydrogen (secondary N) is 1. The van der Waals surface area contributed by atoms with E-state index in [1.165, 1.54) is 0 Å². The van der Waals surface area contributed by atoms with Gasteiger partial charge < -0.3 is 15.2 Å². The van der Waals surface area contributed by atoms with Gasteiger partial charge in [0.2, 0.25) is 0 Å². The van der Waals surface area contributed by atoms with Crippen molar-refractivity contribution in [2.24, 2.45) is 0 Å². The molecule has 0 aliphatic carbocycles.